The number of carbonyl (C=O) groups is 1. The Kier molecular flexibility index (Phi) is 4.47. The van der Waals surface area contributed by atoms with Crippen LogP contribution >= 0.6 is 11.8 Å². The van der Waals surface area contributed by atoms with Crippen LogP contribution in [-0.2, 0) is 4.79 Å². The molecule has 0 saturated carbocycles. The summed E-state index contributed by atoms with van der Waals surface area (Å²) in [5.74, 6) is 1.55. The fourth-order valence-electron chi connectivity index (χ4n) is 2.67. The third kappa shape index (κ3) is 3.27. The molecule has 0 radical (unpaired) electrons. The van der Waals surface area contributed by atoms with Crippen LogP contribution < -0.4 is 15.4 Å². The first-order chi connectivity index (χ1) is 9.83. The predicted octanol–water partition coefficient (Wildman–Crippen LogP) is 1.72. The van der Waals surface area contributed by atoms with Gasteiger partial charge >= 0.3 is 0 Å². The van der Waals surface area contributed by atoms with Gasteiger partial charge in [0.1, 0.15) is 12.4 Å². The highest BCUT2D eigenvalue weighted by Crippen LogP contribution is 2.31. The Bertz CT molecular complexity index is 475. The number of nitrogens with one attached hydrogen (secondary N) is 2. The first-order valence-electron chi connectivity index (χ1n) is 7.16. The molecule has 2 aliphatic heterocycles. The van der Waals surface area contributed by atoms with Crippen LogP contribution in [0.1, 0.15) is 24.4 Å². The molecule has 20 heavy (non-hydrogen) atoms. The lowest BCUT2D eigenvalue weighted by Crippen LogP contribution is -2.33. The zero-order valence-corrected chi connectivity index (χ0v) is 12.2. The quantitative estimate of drug-likeness (QED) is 0.887. The van der Waals surface area contributed by atoms with Crippen molar-refractivity contribution < 1.29 is 9.53 Å². The maximum absolute atomic E-state index is 12.0. The number of rotatable bonds is 4. The Morgan fingerprint density at radius 3 is 3.00 bits per heavy atom. The van der Waals surface area contributed by atoms with Crippen molar-refractivity contribution in [3.05, 3.63) is 29.8 Å². The lowest BCUT2D eigenvalue weighted by Gasteiger charge is -2.22. The molecule has 1 atom stereocenters. The van der Waals surface area contributed by atoms with Crippen molar-refractivity contribution in [2.24, 2.45) is 0 Å². The van der Waals surface area contributed by atoms with Crippen LogP contribution in [0.4, 0.5) is 0 Å². The van der Waals surface area contributed by atoms with Crippen LogP contribution in [0.15, 0.2) is 24.3 Å². The molecule has 0 spiro atoms. The van der Waals surface area contributed by atoms with Crippen molar-refractivity contribution in [2.45, 2.75) is 24.1 Å². The molecule has 0 aliphatic carbocycles. The molecule has 1 aromatic rings. The Balaban J connectivity index is 1.47. The Labute approximate surface area is 123 Å². The summed E-state index contributed by atoms with van der Waals surface area (Å²) in [5, 5.41) is 7.04. The summed E-state index contributed by atoms with van der Waals surface area (Å²) in [5.41, 5.74) is 1.09. The van der Waals surface area contributed by atoms with Crippen molar-refractivity contribution in [3.8, 4) is 5.75 Å². The maximum atomic E-state index is 12.0. The fraction of sp³-hybridized carbons (Fsp3) is 0.533. The van der Waals surface area contributed by atoms with Crippen molar-refractivity contribution in [1.29, 1.82) is 0 Å². The highest BCUT2D eigenvalue weighted by Gasteiger charge is 2.25. The zero-order chi connectivity index (χ0) is 13.8. The van der Waals surface area contributed by atoms with Gasteiger partial charge in [-0.3, -0.25) is 4.79 Å². The average molecular weight is 292 g/mol. The van der Waals surface area contributed by atoms with Gasteiger partial charge < -0.3 is 15.4 Å². The molecule has 2 aliphatic rings. The van der Waals surface area contributed by atoms with E-state index in [1.165, 1.54) is 0 Å². The summed E-state index contributed by atoms with van der Waals surface area (Å²) in [6, 6.07) is 7.91. The van der Waals surface area contributed by atoms with E-state index in [1.807, 2.05) is 24.3 Å². The molecular weight excluding hydrogens is 272 g/mol. The Morgan fingerprint density at radius 2 is 2.15 bits per heavy atom. The van der Waals surface area contributed by atoms with Crippen molar-refractivity contribution in [1.82, 2.24) is 10.6 Å². The number of piperidine rings is 1. The second-order valence-electron chi connectivity index (χ2n) is 5.23. The van der Waals surface area contributed by atoms with Crippen LogP contribution in [0.3, 0.4) is 0 Å². The highest BCUT2D eigenvalue weighted by molar-refractivity contribution is 8.00. The maximum Gasteiger partial charge on any atom is 0.230 e. The molecule has 2 heterocycles. The second kappa shape index (κ2) is 6.50. The molecule has 0 bridgehead atoms. The first-order valence-corrected chi connectivity index (χ1v) is 8.21. The molecule has 108 valence electrons. The zero-order valence-electron chi connectivity index (χ0n) is 11.4. The Morgan fingerprint density at radius 1 is 1.35 bits per heavy atom. The molecule has 1 unspecified atom stereocenters. The van der Waals surface area contributed by atoms with Crippen molar-refractivity contribution in [2.75, 3.05) is 25.4 Å². The van der Waals surface area contributed by atoms with E-state index >= 15 is 0 Å². The molecule has 3 rings (SSSR count). The Hall–Kier alpha value is -1.20. The number of benzene rings is 1. The highest BCUT2D eigenvalue weighted by atomic mass is 32.2. The normalized spacial score (nSPS) is 22.1. The molecule has 0 aromatic heterocycles. The third-order valence-corrected chi connectivity index (χ3v) is 5.14. The van der Waals surface area contributed by atoms with E-state index in [-0.39, 0.29) is 11.9 Å². The number of ether oxygens (including phenoxy) is 1. The number of carbonyl (C=O) groups excluding carboxylic acids is 1. The fourth-order valence-corrected chi connectivity index (χ4v) is 3.71. The topological polar surface area (TPSA) is 50.4 Å². The van der Waals surface area contributed by atoms with Gasteiger partial charge in [-0.25, -0.2) is 0 Å². The summed E-state index contributed by atoms with van der Waals surface area (Å²) < 4.78 is 5.58. The minimum atomic E-state index is 0.00678. The number of para-hydroxylation sites is 1. The van der Waals surface area contributed by atoms with E-state index in [0.29, 0.717) is 17.6 Å². The van der Waals surface area contributed by atoms with Crippen LogP contribution in [0.5, 0.6) is 5.75 Å². The second-order valence-corrected chi connectivity index (χ2v) is 6.52. The summed E-state index contributed by atoms with van der Waals surface area (Å²) in [7, 11) is 0. The van der Waals surface area contributed by atoms with Crippen molar-refractivity contribution in [3.63, 3.8) is 0 Å². The van der Waals surface area contributed by atoms with Gasteiger partial charge in [-0.1, -0.05) is 18.2 Å². The monoisotopic (exact) mass is 292 g/mol. The van der Waals surface area contributed by atoms with Gasteiger partial charge in [-0.2, -0.15) is 0 Å². The summed E-state index contributed by atoms with van der Waals surface area (Å²) in [4.78, 5) is 12.0. The smallest absolute Gasteiger partial charge is 0.230 e. The van der Waals surface area contributed by atoms with Crippen LogP contribution in [0, 0.1) is 0 Å². The van der Waals surface area contributed by atoms with Gasteiger partial charge in [0, 0.05) is 10.8 Å². The van der Waals surface area contributed by atoms with E-state index in [1.54, 1.807) is 11.8 Å². The van der Waals surface area contributed by atoms with E-state index in [0.717, 1.165) is 37.2 Å². The van der Waals surface area contributed by atoms with E-state index < -0.39 is 0 Å². The molecule has 1 aromatic carbocycles. The van der Waals surface area contributed by atoms with Gasteiger partial charge in [0.05, 0.1) is 11.8 Å². The average Bonchev–Trinajstić information content (AvgIpc) is 2.90. The number of thioether (sulfide) groups is 1. The number of hydrogen-bond acceptors (Lipinski definition) is 4. The number of hydrogen-bond donors (Lipinski definition) is 2. The minimum Gasteiger partial charge on any atom is -0.491 e. The van der Waals surface area contributed by atoms with Crippen LogP contribution in [-0.4, -0.2) is 36.6 Å². The van der Waals surface area contributed by atoms with Gasteiger partial charge in [-0.05, 0) is 32.0 Å². The minimum absolute atomic E-state index is 0.00678. The van der Waals surface area contributed by atoms with Crippen molar-refractivity contribution >= 4 is 17.7 Å². The van der Waals surface area contributed by atoms with Gasteiger partial charge in [0.25, 0.3) is 0 Å². The molecule has 2 N–H and O–H groups in total. The molecule has 4 nitrogen and oxygen atoms in total. The lowest BCUT2D eigenvalue weighted by molar-refractivity contribution is -0.119. The molecule has 1 amide bonds. The standard InChI is InChI=1S/C15H20N2O2S/c18-15(10-20-11-5-7-16-8-6-11)17-13-9-19-14-4-2-1-3-12(13)14/h1-4,11,13,16H,5-10H2,(H,17,18). The van der Waals surface area contributed by atoms with E-state index in [2.05, 4.69) is 10.6 Å². The number of amides is 1. The summed E-state index contributed by atoms with van der Waals surface area (Å²) in [6.07, 6.45) is 2.32. The molecule has 1 fully saturated rings. The largest absolute Gasteiger partial charge is 0.491 e. The third-order valence-electron chi connectivity index (χ3n) is 3.77. The predicted molar refractivity (Wildman–Crippen MR) is 81.2 cm³/mol. The SMILES string of the molecule is O=C(CSC1CCNCC1)NC1COc2ccccc21. The van der Waals surface area contributed by atoms with Gasteiger partial charge in [0.15, 0.2) is 0 Å². The molecule has 1 saturated heterocycles. The number of fused-ring (bicyclic) bond motifs is 1. The van der Waals surface area contributed by atoms with Gasteiger partial charge in [-0.15, -0.1) is 11.8 Å². The van der Waals surface area contributed by atoms with E-state index in [4.69, 9.17) is 4.74 Å². The van der Waals surface area contributed by atoms with Crippen LogP contribution in [0.25, 0.3) is 0 Å². The summed E-state index contributed by atoms with van der Waals surface area (Å²) >= 11 is 1.78. The first kappa shape index (κ1) is 13.8. The van der Waals surface area contributed by atoms with E-state index in [9.17, 15) is 4.79 Å². The molecular formula is C15H20N2O2S. The van der Waals surface area contributed by atoms with Crippen LogP contribution in [0.2, 0.25) is 0 Å². The molecule has 5 heteroatoms. The summed E-state index contributed by atoms with van der Waals surface area (Å²) in [6.45, 7) is 2.69. The van der Waals surface area contributed by atoms with Gasteiger partial charge in [0.2, 0.25) is 5.91 Å². The lowest BCUT2D eigenvalue weighted by atomic mass is 10.1.